The van der Waals surface area contributed by atoms with Crippen LogP contribution in [0.25, 0.3) is 11.4 Å². The van der Waals surface area contributed by atoms with Crippen LogP contribution in [-0.4, -0.2) is 37.7 Å². The number of carbonyl (C=O) groups excluding carboxylic acids is 1. The number of pyridine rings is 1. The third-order valence-electron chi connectivity index (χ3n) is 4.06. The number of anilines is 1. The molecule has 1 aliphatic heterocycles. The lowest BCUT2D eigenvalue weighted by Gasteiger charge is -2.12. The molecule has 0 unspecified atom stereocenters. The second-order valence-electron chi connectivity index (χ2n) is 5.92. The molecule has 0 saturated heterocycles. The molecule has 1 aliphatic rings. The Bertz CT molecular complexity index is 976. The molecule has 1 atom stereocenters. The van der Waals surface area contributed by atoms with Crippen molar-refractivity contribution in [2.24, 2.45) is 7.05 Å². The highest BCUT2D eigenvalue weighted by atomic mass is 32.2. The highest BCUT2D eigenvalue weighted by Crippen LogP contribution is 2.34. The third-order valence-corrected chi connectivity index (χ3v) is 5.20. The van der Waals surface area contributed by atoms with Gasteiger partial charge in [0.25, 0.3) is 0 Å². The van der Waals surface area contributed by atoms with E-state index in [2.05, 4.69) is 20.5 Å². The summed E-state index contributed by atoms with van der Waals surface area (Å²) in [4.78, 5) is 16.5. The van der Waals surface area contributed by atoms with Gasteiger partial charge in [0.15, 0.2) is 22.5 Å². The van der Waals surface area contributed by atoms with Gasteiger partial charge in [0.2, 0.25) is 12.7 Å². The van der Waals surface area contributed by atoms with Gasteiger partial charge in [-0.2, -0.15) is 0 Å². The number of fused-ring (bicyclic) bond motifs is 1. The highest BCUT2D eigenvalue weighted by molar-refractivity contribution is 8.00. The normalized spacial score (nSPS) is 13.4. The van der Waals surface area contributed by atoms with Gasteiger partial charge in [0.05, 0.1) is 5.25 Å². The fourth-order valence-electron chi connectivity index (χ4n) is 2.60. The van der Waals surface area contributed by atoms with Crippen molar-refractivity contribution >= 4 is 23.4 Å². The largest absolute Gasteiger partial charge is 0.454 e. The van der Waals surface area contributed by atoms with E-state index in [0.717, 1.165) is 11.4 Å². The Morgan fingerprint density at radius 2 is 1.96 bits per heavy atom. The molecule has 3 aromatic rings. The first-order valence-electron chi connectivity index (χ1n) is 8.29. The number of carbonyl (C=O) groups is 1. The third kappa shape index (κ3) is 3.59. The van der Waals surface area contributed by atoms with Crippen molar-refractivity contribution in [3.63, 3.8) is 0 Å². The minimum atomic E-state index is -0.358. The molecular weight excluding hydrogens is 366 g/mol. The molecular formula is C18H17N5O3S. The monoisotopic (exact) mass is 383 g/mol. The summed E-state index contributed by atoms with van der Waals surface area (Å²) in [5.41, 5.74) is 1.58. The Morgan fingerprint density at radius 3 is 2.78 bits per heavy atom. The van der Waals surface area contributed by atoms with Crippen LogP contribution < -0.4 is 14.8 Å². The van der Waals surface area contributed by atoms with Gasteiger partial charge in [-0.05, 0) is 31.2 Å². The maximum absolute atomic E-state index is 12.5. The molecule has 1 N–H and O–H groups in total. The van der Waals surface area contributed by atoms with Crippen LogP contribution in [0.1, 0.15) is 6.92 Å². The zero-order valence-corrected chi connectivity index (χ0v) is 15.6. The zero-order valence-electron chi connectivity index (χ0n) is 14.7. The fourth-order valence-corrected chi connectivity index (χ4v) is 3.41. The van der Waals surface area contributed by atoms with Crippen LogP contribution in [0.15, 0.2) is 47.9 Å². The summed E-state index contributed by atoms with van der Waals surface area (Å²) in [6, 6.07) is 9.05. The number of nitrogens with zero attached hydrogens (tertiary/aromatic N) is 4. The van der Waals surface area contributed by atoms with Crippen molar-refractivity contribution in [3.8, 4) is 22.9 Å². The van der Waals surface area contributed by atoms with E-state index in [4.69, 9.17) is 9.47 Å². The first-order chi connectivity index (χ1) is 13.1. The van der Waals surface area contributed by atoms with Crippen LogP contribution in [0.3, 0.4) is 0 Å². The van der Waals surface area contributed by atoms with Crippen molar-refractivity contribution in [2.75, 3.05) is 12.1 Å². The molecule has 0 radical (unpaired) electrons. The molecule has 0 saturated carbocycles. The minimum absolute atomic E-state index is 0.132. The number of nitrogens with one attached hydrogen (secondary N) is 1. The van der Waals surface area contributed by atoms with Crippen LogP contribution in [0.5, 0.6) is 11.5 Å². The van der Waals surface area contributed by atoms with E-state index in [9.17, 15) is 4.79 Å². The number of amides is 1. The maximum Gasteiger partial charge on any atom is 0.237 e. The Kier molecular flexibility index (Phi) is 4.68. The van der Waals surface area contributed by atoms with Gasteiger partial charge in [-0.3, -0.25) is 9.78 Å². The number of benzene rings is 1. The summed E-state index contributed by atoms with van der Waals surface area (Å²) in [5, 5.41) is 11.6. The van der Waals surface area contributed by atoms with E-state index in [0.29, 0.717) is 22.3 Å². The SMILES string of the molecule is C[C@@H](Sc1nnc(-c2ccncc2)n1C)C(=O)Nc1ccc2c(c1)OCO2. The second-order valence-corrected chi connectivity index (χ2v) is 7.23. The summed E-state index contributed by atoms with van der Waals surface area (Å²) >= 11 is 1.34. The molecule has 2 aromatic heterocycles. The number of hydrogen-bond acceptors (Lipinski definition) is 7. The lowest BCUT2D eigenvalue weighted by atomic mass is 10.2. The molecule has 0 aliphatic carbocycles. The first kappa shape index (κ1) is 17.3. The van der Waals surface area contributed by atoms with E-state index >= 15 is 0 Å². The van der Waals surface area contributed by atoms with E-state index in [1.807, 2.05) is 30.7 Å². The van der Waals surface area contributed by atoms with E-state index in [1.165, 1.54) is 11.8 Å². The summed E-state index contributed by atoms with van der Waals surface area (Å²) in [6.07, 6.45) is 3.41. The molecule has 4 rings (SSSR count). The van der Waals surface area contributed by atoms with Gasteiger partial charge < -0.3 is 19.4 Å². The quantitative estimate of drug-likeness (QED) is 0.677. The Morgan fingerprint density at radius 1 is 1.19 bits per heavy atom. The topological polar surface area (TPSA) is 91.2 Å². The number of rotatable bonds is 5. The first-order valence-corrected chi connectivity index (χ1v) is 9.17. The average molecular weight is 383 g/mol. The number of hydrogen-bond donors (Lipinski definition) is 1. The van der Waals surface area contributed by atoms with Gasteiger partial charge in [-0.15, -0.1) is 10.2 Å². The molecule has 138 valence electrons. The molecule has 1 aromatic carbocycles. The number of thioether (sulfide) groups is 1. The number of aromatic nitrogens is 4. The van der Waals surface area contributed by atoms with Gasteiger partial charge in [0, 0.05) is 36.8 Å². The lowest BCUT2D eigenvalue weighted by Crippen LogP contribution is -2.22. The molecule has 27 heavy (non-hydrogen) atoms. The van der Waals surface area contributed by atoms with Crippen LogP contribution in [-0.2, 0) is 11.8 Å². The average Bonchev–Trinajstić information content (AvgIpc) is 3.29. The summed E-state index contributed by atoms with van der Waals surface area (Å²) in [6.45, 7) is 2.03. The molecule has 3 heterocycles. The van der Waals surface area contributed by atoms with Gasteiger partial charge >= 0.3 is 0 Å². The van der Waals surface area contributed by atoms with Crippen LogP contribution in [0, 0.1) is 0 Å². The molecule has 1 amide bonds. The summed E-state index contributed by atoms with van der Waals surface area (Å²) < 4.78 is 12.5. The standard InChI is InChI=1S/C18H17N5O3S/c1-11(17(24)20-13-3-4-14-15(9-13)26-10-25-14)27-18-22-21-16(23(18)2)12-5-7-19-8-6-12/h3-9,11H,10H2,1-2H3,(H,20,24)/t11-/m1/s1. The predicted molar refractivity (Wildman–Crippen MR) is 101 cm³/mol. The van der Waals surface area contributed by atoms with Gasteiger partial charge in [-0.1, -0.05) is 11.8 Å². The Balaban J connectivity index is 1.44. The van der Waals surface area contributed by atoms with Crippen LogP contribution >= 0.6 is 11.8 Å². The van der Waals surface area contributed by atoms with E-state index in [1.54, 1.807) is 30.6 Å². The van der Waals surface area contributed by atoms with Crippen molar-refractivity contribution in [1.82, 2.24) is 19.7 Å². The fraction of sp³-hybridized carbons (Fsp3) is 0.222. The molecule has 0 bridgehead atoms. The predicted octanol–water partition coefficient (Wildman–Crippen LogP) is 2.73. The van der Waals surface area contributed by atoms with E-state index in [-0.39, 0.29) is 18.0 Å². The second kappa shape index (κ2) is 7.28. The summed E-state index contributed by atoms with van der Waals surface area (Å²) in [7, 11) is 1.88. The molecule has 9 heteroatoms. The van der Waals surface area contributed by atoms with E-state index < -0.39 is 0 Å². The number of ether oxygens (including phenoxy) is 2. The lowest BCUT2D eigenvalue weighted by molar-refractivity contribution is -0.115. The van der Waals surface area contributed by atoms with Crippen molar-refractivity contribution in [3.05, 3.63) is 42.7 Å². The van der Waals surface area contributed by atoms with Gasteiger partial charge in [-0.25, -0.2) is 0 Å². The summed E-state index contributed by atoms with van der Waals surface area (Å²) in [5.74, 6) is 1.90. The Hall–Kier alpha value is -3.07. The molecule has 0 spiro atoms. The molecule has 0 fully saturated rings. The van der Waals surface area contributed by atoms with Crippen molar-refractivity contribution in [2.45, 2.75) is 17.3 Å². The van der Waals surface area contributed by atoms with Gasteiger partial charge in [0.1, 0.15) is 0 Å². The zero-order chi connectivity index (χ0) is 18.8. The van der Waals surface area contributed by atoms with Crippen LogP contribution in [0.2, 0.25) is 0 Å². The highest BCUT2D eigenvalue weighted by Gasteiger charge is 2.20. The van der Waals surface area contributed by atoms with Crippen LogP contribution in [0.4, 0.5) is 5.69 Å². The maximum atomic E-state index is 12.5. The molecule has 8 nitrogen and oxygen atoms in total. The smallest absolute Gasteiger partial charge is 0.237 e. The minimum Gasteiger partial charge on any atom is -0.454 e. The van der Waals surface area contributed by atoms with Crippen molar-refractivity contribution in [1.29, 1.82) is 0 Å². The van der Waals surface area contributed by atoms with Crippen molar-refractivity contribution < 1.29 is 14.3 Å². The Labute approximate surface area is 159 Å².